The third kappa shape index (κ3) is 3.36. The molecule has 0 aliphatic rings. The van der Waals surface area contributed by atoms with Crippen molar-refractivity contribution in [1.82, 2.24) is 15.4 Å². The Morgan fingerprint density at radius 3 is 2.50 bits per heavy atom. The van der Waals surface area contributed by atoms with Crippen LogP contribution in [0.2, 0.25) is 0 Å². The van der Waals surface area contributed by atoms with Gasteiger partial charge in [-0.2, -0.15) is 0 Å². The van der Waals surface area contributed by atoms with Crippen molar-refractivity contribution >= 4 is 11.3 Å². The molecule has 0 saturated heterocycles. The van der Waals surface area contributed by atoms with Crippen molar-refractivity contribution in [2.24, 2.45) is 0 Å². The molecule has 0 atom stereocenters. The van der Waals surface area contributed by atoms with Crippen LogP contribution in [0.4, 0.5) is 0 Å². The third-order valence-electron chi connectivity index (χ3n) is 1.76. The van der Waals surface area contributed by atoms with Crippen LogP contribution in [0.25, 0.3) is 0 Å². The van der Waals surface area contributed by atoms with Gasteiger partial charge in [0.2, 0.25) is 0 Å². The summed E-state index contributed by atoms with van der Waals surface area (Å²) in [4.78, 5) is 5.71. The van der Waals surface area contributed by atoms with Crippen LogP contribution in [0.1, 0.15) is 30.7 Å². The highest BCUT2D eigenvalue weighted by molar-refractivity contribution is 7.11. The number of aromatic nitrogens is 1. The Kier molecular flexibility index (Phi) is 3.64. The van der Waals surface area contributed by atoms with Crippen molar-refractivity contribution in [2.75, 3.05) is 14.1 Å². The number of thiazole rings is 1. The van der Waals surface area contributed by atoms with E-state index in [9.17, 15) is 0 Å². The van der Waals surface area contributed by atoms with Gasteiger partial charge in [0.15, 0.2) is 0 Å². The van der Waals surface area contributed by atoms with Crippen LogP contribution in [0.5, 0.6) is 0 Å². The molecule has 0 amide bonds. The Labute approximate surface area is 90.1 Å². The Hall–Kier alpha value is -0.450. The minimum atomic E-state index is 0.168. The predicted molar refractivity (Wildman–Crippen MR) is 61.3 cm³/mol. The summed E-state index contributed by atoms with van der Waals surface area (Å²) in [5, 5.41) is 3.16. The number of rotatable bonds is 3. The van der Waals surface area contributed by atoms with Gasteiger partial charge in [0.05, 0.1) is 5.01 Å². The first-order chi connectivity index (χ1) is 6.39. The van der Waals surface area contributed by atoms with Crippen molar-refractivity contribution in [1.29, 1.82) is 0 Å². The zero-order chi connectivity index (χ0) is 10.8. The third-order valence-corrected chi connectivity index (χ3v) is 3.19. The molecule has 0 aliphatic heterocycles. The summed E-state index contributed by atoms with van der Waals surface area (Å²) in [6.45, 7) is 7.43. The SMILES string of the molecule is CN(C)NCc1cnc(C(C)(C)C)s1. The van der Waals surface area contributed by atoms with Gasteiger partial charge in [-0.1, -0.05) is 20.8 Å². The first-order valence-corrected chi connectivity index (χ1v) is 5.57. The van der Waals surface area contributed by atoms with Gasteiger partial charge in [-0.25, -0.2) is 4.98 Å². The average Bonchev–Trinajstić information content (AvgIpc) is 2.47. The maximum atomic E-state index is 4.43. The monoisotopic (exact) mass is 213 g/mol. The van der Waals surface area contributed by atoms with Gasteiger partial charge in [0.25, 0.3) is 0 Å². The topological polar surface area (TPSA) is 28.2 Å². The van der Waals surface area contributed by atoms with E-state index in [1.54, 1.807) is 11.3 Å². The number of hydrazine groups is 1. The molecule has 0 aromatic carbocycles. The summed E-state index contributed by atoms with van der Waals surface area (Å²) in [6.07, 6.45) is 1.96. The van der Waals surface area contributed by atoms with Crippen LogP contribution in [0.15, 0.2) is 6.20 Å². The molecule has 14 heavy (non-hydrogen) atoms. The highest BCUT2D eigenvalue weighted by atomic mass is 32.1. The molecule has 1 N–H and O–H groups in total. The van der Waals surface area contributed by atoms with Gasteiger partial charge in [-0.3, -0.25) is 10.4 Å². The van der Waals surface area contributed by atoms with Crippen molar-refractivity contribution in [3.05, 3.63) is 16.1 Å². The van der Waals surface area contributed by atoms with E-state index >= 15 is 0 Å². The van der Waals surface area contributed by atoms with E-state index in [0.717, 1.165) is 6.54 Å². The lowest BCUT2D eigenvalue weighted by Gasteiger charge is -2.13. The molecule has 1 aromatic heterocycles. The Bertz CT molecular complexity index is 286. The van der Waals surface area contributed by atoms with Crippen LogP contribution in [-0.4, -0.2) is 24.1 Å². The van der Waals surface area contributed by atoms with Gasteiger partial charge < -0.3 is 0 Å². The minimum absolute atomic E-state index is 0.168. The lowest BCUT2D eigenvalue weighted by molar-refractivity contribution is 0.287. The maximum Gasteiger partial charge on any atom is 0.0981 e. The molecule has 0 spiro atoms. The normalized spacial score (nSPS) is 12.4. The predicted octanol–water partition coefficient (Wildman–Crippen LogP) is 2.01. The van der Waals surface area contributed by atoms with Crippen LogP contribution in [-0.2, 0) is 12.0 Å². The second-order valence-electron chi connectivity index (χ2n) is 4.61. The highest BCUT2D eigenvalue weighted by Crippen LogP contribution is 2.26. The van der Waals surface area contributed by atoms with Crippen LogP contribution >= 0.6 is 11.3 Å². The molecule has 1 aromatic rings. The molecule has 0 unspecified atom stereocenters. The Morgan fingerprint density at radius 1 is 1.43 bits per heavy atom. The largest absolute Gasteiger partial charge is 0.250 e. The second-order valence-corrected chi connectivity index (χ2v) is 5.73. The Balaban J connectivity index is 2.60. The molecule has 0 aliphatic carbocycles. The smallest absolute Gasteiger partial charge is 0.0981 e. The molecule has 0 bridgehead atoms. The summed E-state index contributed by atoms with van der Waals surface area (Å²) < 4.78 is 0. The van der Waals surface area contributed by atoms with Crippen molar-refractivity contribution in [3.8, 4) is 0 Å². The number of hydrogen-bond donors (Lipinski definition) is 1. The number of nitrogens with one attached hydrogen (secondary N) is 1. The van der Waals surface area contributed by atoms with Gasteiger partial charge in [0, 0.05) is 37.1 Å². The molecule has 0 saturated carbocycles. The fourth-order valence-electron chi connectivity index (χ4n) is 0.972. The minimum Gasteiger partial charge on any atom is -0.250 e. The van der Waals surface area contributed by atoms with Crippen molar-refractivity contribution in [2.45, 2.75) is 32.7 Å². The lowest BCUT2D eigenvalue weighted by atomic mass is 9.98. The van der Waals surface area contributed by atoms with Crippen LogP contribution in [0.3, 0.4) is 0 Å². The van der Waals surface area contributed by atoms with E-state index in [-0.39, 0.29) is 5.41 Å². The molecular formula is C10H19N3S. The first-order valence-electron chi connectivity index (χ1n) is 4.75. The van der Waals surface area contributed by atoms with E-state index in [4.69, 9.17) is 0 Å². The summed E-state index contributed by atoms with van der Waals surface area (Å²) in [7, 11) is 3.98. The van der Waals surface area contributed by atoms with Gasteiger partial charge in [0.1, 0.15) is 0 Å². The zero-order valence-electron chi connectivity index (χ0n) is 9.59. The first kappa shape index (κ1) is 11.6. The number of hydrogen-bond acceptors (Lipinski definition) is 4. The van der Waals surface area contributed by atoms with Gasteiger partial charge in [-0.05, 0) is 0 Å². The molecular weight excluding hydrogens is 194 g/mol. The zero-order valence-corrected chi connectivity index (χ0v) is 10.4. The van der Waals surface area contributed by atoms with Crippen LogP contribution in [0, 0.1) is 0 Å². The fraction of sp³-hybridized carbons (Fsp3) is 0.700. The van der Waals surface area contributed by atoms with Gasteiger partial charge >= 0.3 is 0 Å². The standard InChI is InChI=1S/C10H19N3S/c1-10(2,3)9-11-6-8(14-9)7-12-13(4)5/h6,12H,7H2,1-5H3. The molecule has 4 heteroatoms. The molecule has 1 heterocycles. The van der Waals surface area contributed by atoms with E-state index in [2.05, 4.69) is 31.2 Å². The summed E-state index contributed by atoms with van der Waals surface area (Å²) >= 11 is 1.78. The maximum absolute atomic E-state index is 4.43. The summed E-state index contributed by atoms with van der Waals surface area (Å²) in [6, 6.07) is 0. The van der Waals surface area contributed by atoms with E-state index < -0.39 is 0 Å². The van der Waals surface area contributed by atoms with Crippen molar-refractivity contribution < 1.29 is 0 Å². The van der Waals surface area contributed by atoms with E-state index in [1.807, 2.05) is 25.3 Å². The second kappa shape index (κ2) is 4.38. The average molecular weight is 213 g/mol. The lowest BCUT2D eigenvalue weighted by Crippen LogP contribution is -2.29. The van der Waals surface area contributed by atoms with E-state index in [0.29, 0.717) is 0 Å². The summed E-state index contributed by atoms with van der Waals surface area (Å²) in [5.74, 6) is 0. The van der Waals surface area contributed by atoms with E-state index in [1.165, 1.54) is 9.88 Å². The molecule has 3 nitrogen and oxygen atoms in total. The fourth-order valence-corrected chi connectivity index (χ4v) is 1.87. The van der Waals surface area contributed by atoms with Crippen molar-refractivity contribution in [3.63, 3.8) is 0 Å². The number of nitrogens with zero attached hydrogens (tertiary/aromatic N) is 2. The quantitative estimate of drug-likeness (QED) is 0.779. The Morgan fingerprint density at radius 2 is 2.07 bits per heavy atom. The molecule has 1 rings (SSSR count). The molecule has 0 fully saturated rings. The molecule has 80 valence electrons. The van der Waals surface area contributed by atoms with Gasteiger partial charge in [-0.15, -0.1) is 11.3 Å². The molecule has 0 radical (unpaired) electrons. The highest BCUT2D eigenvalue weighted by Gasteiger charge is 2.17. The summed E-state index contributed by atoms with van der Waals surface area (Å²) in [5.41, 5.74) is 3.40. The van der Waals surface area contributed by atoms with Crippen LogP contribution < -0.4 is 5.43 Å².